The highest BCUT2D eigenvalue weighted by molar-refractivity contribution is 6.17. The Morgan fingerprint density at radius 2 is 1.94 bits per heavy atom. The van der Waals surface area contributed by atoms with Crippen LogP contribution in [0.15, 0.2) is 24.3 Å². The van der Waals surface area contributed by atoms with Gasteiger partial charge in [0.1, 0.15) is 5.82 Å². The summed E-state index contributed by atoms with van der Waals surface area (Å²) in [6.07, 6.45) is 2.10. The van der Waals surface area contributed by atoms with Crippen molar-refractivity contribution < 1.29 is 9.18 Å². The Bertz CT molecular complexity index is 339. The second kappa shape index (κ2) is 6.48. The molecule has 0 fully saturated rings. The molecule has 2 nitrogen and oxygen atoms in total. The molecule has 0 saturated heterocycles. The Kier molecular flexibility index (Phi) is 5.26. The van der Waals surface area contributed by atoms with E-state index in [0.717, 1.165) is 12.8 Å². The number of carbonyl (C=O) groups is 1. The van der Waals surface area contributed by atoms with Crippen LogP contribution in [-0.2, 0) is 4.79 Å². The Balaban J connectivity index is 2.53. The molecule has 0 radical (unpaired) electrons. The minimum Gasteiger partial charge on any atom is -0.316 e. The van der Waals surface area contributed by atoms with Crippen LogP contribution in [0.3, 0.4) is 0 Å². The lowest BCUT2D eigenvalue weighted by atomic mass is 10.2. The molecule has 0 unspecified atom stereocenters. The topological polar surface area (TPSA) is 20.3 Å². The average Bonchev–Trinajstić information content (AvgIpc) is 2.29. The van der Waals surface area contributed by atoms with Crippen LogP contribution in [0.1, 0.15) is 19.3 Å². The second-order valence-corrected chi connectivity index (χ2v) is 3.95. The van der Waals surface area contributed by atoms with Gasteiger partial charge in [0.05, 0.1) is 0 Å². The summed E-state index contributed by atoms with van der Waals surface area (Å²) in [6.45, 7) is 0. The average molecular weight is 244 g/mol. The van der Waals surface area contributed by atoms with Crippen molar-refractivity contribution in [3.05, 3.63) is 30.1 Å². The van der Waals surface area contributed by atoms with Gasteiger partial charge in [0.15, 0.2) is 0 Å². The first-order chi connectivity index (χ1) is 7.65. The molecule has 0 heterocycles. The summed E-state index contributed by atoms with van der Waals surface area (Å²) in [5.41, 5.74) is 0.706. The first kappa shape index (κ1) is 13.0. The second-order valence-electron chi connectivity index (χ2n) is 3.58. The van der Waals surface area contributed by atoms with Crippen molar-refractivity contribution in [1.29, 1.82) is 0 Å². The van der Waals surface area contributed by atoms with E-state index in [4.69, 9.17) is 11.6 Å². The molecule has 0 saturated carbocycles. The maximum Gasteiger partial charge on any atom is 0.226 e. The number of amides is 1. The number of unbranched alkanes of at least 4 members (excludes halogenated alkanes) is 1. The van der Waals surface area contributed by atoms with Crippen molar-refractivity contribution in [3.8, 4) is 0 Å². The van der Waals surface area contributed by atoms with Crippen molar-refractivity contribution in [1.82, 2.24) is 0 Å². The minimum absolute atomic E-state index is 0.0247. The number of alkyl halides is 1. The van der Waals surface area contributed by atoms with Crippen LogP contribution in [0.2, 0.25) is 0 Å². The van der Waals surface area contributed by atoms with Gasteiger partial charge in [0.25, 0.3) is 0 Å². The molecule has 1 aromatic carbocycles. The fourth-order valence-corrected chi connectivity index (χ4v) is 1.54. The molecule has 0 aliphatic carbocycles. The number of benzene rings is 1. The maximum absolute atomic E-state index is 12.7. The lowest BCUT2D eigenvalue weighted by Crippen LogP contribution is -2.25. The predicted octanol–water partition coefficient (Wildman–Crippen LogP) is 3.20. The molecule has 88 valence electrons. The first-order valence-corrected chi connectivity index (χ1v) is 5.76. The summed E-state index contributed by atoms with van der Waals surface area (Å²) in [7, 11) is 1.69. The fraction of sp³-hybridized carbons (Fsp3) is 0.417. The zero-order valence-electron chi connectivity index (χ0n) is 9.25. The highest BCUT2D eigenvalue weighted by atomic mass is 35.5. The van der Waals surface area contributed by atoms with Crippen LogP contribution in [-0.4, -0.2) is 18.8 Å². The molecular formula is C12H15ClFNO. The third-order valence-electron chi connectivity index (χ3n) is 2.36. The van der Waals surface area contributed by atoms with E-state index in [-0.39, 0.29) is 11.7 Å². The predicted molar refractivity (Wildman–Crippen MR) is 64.4 cm³/mol. The number of nitrogens with zero attached hydrogens (tertiary/aromatic N) is 1. The van der Waals surface area contributed by atoms with Crippen LogP contribution in [0.25, 0.3) is 0 Å². The van der Waals surface area contributed by atoms with Gasteiger partial charge in [0.2, 0.25) is 5.91 Å². The van der Waals surface area contributed by atoms with Gasteiger partial charge in [-0.1, -0.05) is 0 Å². The molecule has 0 N–H and O–H groups in total. The monoisotopic (exact) mass is 243 g/mol. The maximum atomic E-state index is 12.7. The van der Waals surface area contributed by atoms with E-state index in [1.807, 2.05) is 0 Å². The van der Waals surface area contributed by atoms with E-state index in [2.05, 4.69) is 0 Å². The molecule has 4 heteroatoms. The van der Waals surface area contributed by atoms with Gasteiger partial charge in [-0.2, -0.15) is 0 Å². The minimum atomic E-state index is -0.299. The number of hydrogen-bond donors (Lipinski definition) is 0. The SMILES string of the molecule is CN(C(=O)CCCCCl)c1ccc(F)cc1. The largest absolute Gasteiger partial charge is 0.316 e. The van der Waals surface area contributed by atoms with Gasteiger partial charge in [-0.3, -0.25) is 4.79 Å². The molecule has 0 atom stereocenters. The molecule has 1 aromatic rings. The normalized spacial score (nSPS) is 10.2. The molecule has 1 amide bonds. The smallest absolute Gasteiger partial charge is 0.226 e. The van der Waals surface area contributed by atoms with Gasteiger partial charge in [-0.15, -0.1) is 11.6 Å². The van der Waals surface area contributed by atoms with E-state index in [9.17, 15) is 9.18 Å². The van der Waals surface area contributed by atoms with Crippen molar-refractivity contribution in [3.63, 3.8) is 0 Å². The highest BCUT2D eigenvalue weighted by Crippen LogP contribution is 2.14. The molecular weight excluding hydrogens is 229 g/mol. The van der Waals surface area contributed by atoms with Gasteiger partial charge in [0, 0.05) is 25.0 Å². The molecule has 0 bridgehead atoms. The summed E-state index contributed by atoms with van der Waals surface area (Å²) in [4.78, 5) is 13.2. The van der Waals surface area contributed by atoms with Crippen molar-refractivity contribution in [2.45, 2.75) is 19.3 Å². The summed E-state index contributed by atoms with van der Waals surface area (Å²) in [5, 5.41) is 0. The van der Waals surface area contributed by atoms with E-state index >= 15 is 0 Å². The summed E-state index contributed by atoms with van der Waals surface area (Å²) in [6, 6.07) is 5.87. The molecule has 16 heavy (non-hydrogen) atoms. The Labute approximate surface area is 100 Å². The Hall–Kier alpha value is -1.09. The molecule has 0 spiro atoms. The van der Waals surface area contributed by atoms with Gasteiger partial charge in [-0.05, 0) is 37.1 Å². The van der Waals surface area contributed by atoms with Crippen LogP contribution in [0.5, 0.6) is 0 Å². The molecule has 0 aliphatic heterocycles. The number of carbonyl (C=O) groups excluding carboxylic acids is 1. The standard InChI is InChI=1S/C12H15ClFNO/c1-15(12(16)4-2-3-9-13)11-7-5-10(14)6-8-11/h5-8H,2-4,9H2,1H3. The van der Waals surface area contributed by atoms with Crippen molar-refractivity contribution in [2.24, 2.45) is 0 Å². The third-order valence-corrected chi connectivity index (χ3v) is 2.63. The number of hydrogen-bond acceptors (Lipinski definition) is 1. The summed E-state index contributed by atoms with van der Waals surface area (Å²) >= 11 is 5.53. The Morgan fingerprint density at radius 1 is 1.31 bits per heavy atom. The lowest BCUT2D eigenvalue weighted by molar-refractivity contribution is -0.118. The summed E-state index contributed by atoms with van der Waals surface area (Å²) < 4.78 is 12.7. The van der Waals surface area contributed by atoms with Gasteiger partial charge < -0.3 is 4.90 Å². The molecule has 0 aromatic heterocycles. The third kappa shape index (κ3) is 3.81. The molecule has 0 aliphatic rings. The number of rotatable bonds is 5. The van der Waals surface area contributed by atoms with Crippen LogP contribution in [0.4, 0.5) is 10.1 Å². The van der Waals surface area contributed by atoms with E-state index in [0.29, 0.717) is 18.0 Å². The quantitative estimate of drug-likeness (QED) is 0.575. The van der Waals surface area contributed by atoms with Crippen LogP contribution in [0, 0.1) is 5.82 Å². The van der Waals surface area contributed by atoms with E-state index in [1.54, 1.807) is 19.2 Å². The zero-order chi connectivity index (χ0) is 12.0. The van der Waals surface area contributed by atoms with Crippen LogP contribution >= 0.6 is 11.6 Å². The van der Waals surface area contributed by atoms with Gasteiger partial charge >= 0.3 is 0 Å². The fourth-order valence-electron chi connectivity index (χ4n) is 1.35. The van der Waals surface area contributed by atoms with Crippen molar-refractivity contribution in [2.75, 3.05) is 17.8 Å². The summed E-state index contributed by atoms with van der Waals surface area (Å²) in [5.74, 6) is 0.302. The van der Waals surface area contributed by atoms with E-state index in [1.165, 1.54) is 17.0 Å². The lowest BCUT2D eigenvalue weighted by Gasteiger charge is -2.17. The number of anilines is 1. The van der Waals surface area contributed by atoms with Crippen LogP contribution < -0.4 is 4.90 Å². The number of halogens is 2. The first-order valence-electron chi connectivity index (χ1n) is 5.23. The molecule has 1 rings (SSSR count). The zero-order valence-corrected chi connectivity index (χ0v) is 10.0. The Morgan fingerprint density at radius 3 is 2.50 bits per heavy atom. The van der Waals surface area contributed by atoms with Crippen molar-refractivity contribution >= 4 is 23.2 Å². The van der Waals surface area contributed by atoms with Gasteiger partial charge in [-0.25, -0.2) is 4.39 Å². The highest BCUT2D eigenvalue weighted by Gasteiger charge is 2.09. The van der Waals surface area contributed by atoms with E-state index < -0.39 is 0 Å².